The molecule has 1 heterocycles. The van der Waals surface area contributed by atoms with Crippen LogP contribution in [0.1, 0.15) is 5.56 Å². The van der Waals surface area contributed by atoms with Crippen molar-refractivity contribution in [1.82, 2.24) is 0 Å². The van der Waals surface area contributed by atoms with Gasteiger partial charge in [0.15, 0.2) is 0 Å². The molecule has 25 heavy (non-hydrogen) atoms. The van der Waals surface area contributed by atoms with Crippen LogP contribution in [0.25, 0.3) is 0 Å². The maximum Gasteiger partial charge on any atom is 0.283 e. The fourth-order valence-corrected chi connectivity index (χ4v) is 3.25. The van der Waals surface area contributed by atoms with Crippen molar-refractivity contribution in [3.63, 3.8) is 0 Å². The van der Waals surface area contributed by atoms with E-state index in [-0.39, 0.29) is 10.7 Å². The Kier molecular flexibility index (Phi) is 4.98. The third kappa shape index (κ3) is 3.48. The smallest absolute Gasteiger partial charge is 0.283 e. The monoisotopic (exact) mass is 414 g/mol. The van der Waals surface area contributed by atoms with Gasteiger partial charge >= 0.3 is 0 Å². The highest BCUT2D eigenvalue weighted by Crippen LogP contribution is 2.33. The number of carbonyl (C=O) groups is 2. The zero-order valence-corrected chi connectivity index (χ0v) is 15.8. The Bertz CT molecular complexity index is 920. The minimum absolute atomic E-state index is 0.0540. The average Bonchev–Trinajstić information content (AvgIpc) is 2.73. The van der Waals surface area contributed by atoms with Crippen molar-refractivity contribution in [2.24, 2.45) is 0 Å². The maximum atomic E-state index is 12.7. The highest BCUT2D eigenvalue weighted by atomic mass is 35.5. The Morgan fingerprint density at radius 1 is 0.880 bits per heavy atom. The molecule has 0 saturated carbocycles. The maximum absolute atomic E-state index is 12.7. The van der Waals surface area contributed by atoms with Crippen LogP contribution in [0.15, 0.2) is 47.1 Å². The Morgan fingerprint density at radius 2 is 1.52 bits per heavy atom. The van der Waals surface area contributed by atoms with Crippen molar-refractivity contribution < 1.29 is 9.59 Å². The SMILES string of the molecule is Cc1ccc(N2C(=O)C(Cl)=C(Nc3cc(Cl)cc(Cl)c3)C2=O)cc1Cl. The van der Waals surface area contributed by atoms with Crippen LogP contribution in [0.2, 0.25) is 15.1 Å². The highest BCUT2D eigenvalue weighted by Gasteiger charge is 2.39. The predicted molar refractivity (Wildman–Crippen MR) is 102 cm³/mol. The first-order chi connectivity index (χ1) is 11.8. The summed E-state index contributed by atoms with van der Waals surface area (Å²) >= 11 is 24.0. The van der Waals surface area contributed by atoms with E-state index in [0.29, 0.717) is 26.4 Å². The Labute approximate surface area is 163 Å². The van der Waals surface area contributed by atoms with Gasteiger partial charge in [-0.1, -0.05) is 52.5 Å². The van der Waals surface area contributed by atoms with Gasteiger partial charge in [-0.25, -0.2) is 4.90 Å². The number of amides is 2. The van der Waals surface area contributed by atoms with Crippen molar-refractivity contribution >= 4 is 69.6 Å². The normalized spacial score (nSPS) is 14.5. The molecule has 128 valence electrons. The summed E-state index contributed by atoms with van der Waals surface area (Å²) in [5.41, 5.74) is 1.55. The minimum atomic E-state index is -0.637. The zero-order valence-electron chi connectivity index (χ0n) is 12.7. The Hall–Kier alpha value is -1.72. The number of hydrogen-bond acceptors (Lipinski definition) is 3. The van der Waals surface area contributed by atoms with Crippen molar-refractivity contribution in [2.45, 2.75) is 6.92 Å². The summed E-state index contributed by atoms with van der Waals surface area (Å²) < 4.78 is 0. The number of halogens is 4. The molecule has 0 fully saturated rings. The minimum Gasteiger partial charge on any atom is -0.350 e. The van der Waals surface area contributed by atoms with E-state index in [1.807, 2.05) is 6.92 Å². The summed E-state index contributed by atoms with van der Waals surface area (Å²) in [6.07, 6.45) is 0. The van der Waals surface area contributed by atoms with Crippen LogP contribution in [0, 0.1) is 6.92 Å². The molecule has 2 amide bonds. The summed E-state index contributed by atoms with van der Waals surface area (Å²) in [5.74, 6) is -1.23. The Morgan fingerprint density at radius 3 is 2.12 bits per heavy atom. The number of hydrogen-bond donors (Lipinski definition) is 1. The van der Waals surface area contributed by atoms with Gasteiger partial charge in [-0.15, -0.1) is 0 Å². The topological polar surface area (TPSA) is 49.4 Å². The zero-order chi connectivity index (χ0) is 18.3. The number of nitrogens with one attached hydrogen (secondary N) is 1. The average molecular weight is 416 g/mol. The highest BCUT2D eigenvalue weighted by molar-refractivity contribution is 6.53. The number of imide groups is 1. The molecule has 0 unspecified atom stereocenters. The number of aryl methyl sites for hydroxylation is 1. The largest absolute Gasteiger partial charge is 0.350 e. The van der Waals surface area contributed by atoms with Gasteiger partial charge in [0.25, 0.3) is 11.8 Å². The molecule has 3 rings (SSSR count). The number of nitrogens with zero attached hydrogens (tertiary/aromatic N) is 1. The molecule has 0 bridgehead atoms. The van der Waals surface area contributed by atoms with Gasteiger partial charge in [-0.05, 0) is 42.8 Å². The molecule has 0 saturated heterocycles. The first kappa shape index (κ1) is 18.1. The second-order valence-corrected chi connectivity index (χ2v) is 7.01. The summed E-state index contributed by atoms with van der Waals surface area (Å²) in [6, 6.07) is 9.55. The first-order valence-electron chi connectivity index (χ1n) is 7.06. The lowest BCUT2D eigenvalue weighted by molar-refractivity contribution is -0.120. The number of rotatable bonds is 3. The van der Waals surface area contributed by atoms with Crippen LogP contribution in [-0.2, 0) is 9.59 Å². The van der Waals surface area contributed by atoms with Gasteiger partial charge in [-0.2, -0.15) is 0 Å². The molecule has 8 heteroatoms. The third-order valence-corrected chi connectivity index (χ3v) is 4.77. The van der Waals surface area contributed by atoms with Crippen LogP contribution < -0.4 is 10.2 Å². The van der Waals surface area contributed by atoms with Gasteiger partial charge < -0.3 is 5.32 Å². The summed E-state index contributed by atoms with van der Waals surface area (Å²) in [4.78, 5) is 26.1. The fourth-order valence-electron chi connectivity index (χ4n) is 2.34. The number of benzene rings is 2. The van der Waals surface area contributed by atoms with E-state index in [4.69, 9.17) is 46.4 Å². The first-order valence-corrected chi connectivity index (χ1v) is 8.57. The van der Waals surface area contributed by atoms with Crippen LogP contribution in [-0.4, -0.2) is 11.8 Å². The van der Waals surface area contributed by atoms with E-state index in [9.17, 15) is 9.59 Å². The second kappa shape index (κ2) is 6.89. The van der Waals surface area contributed by atoms with E-state index in [0.717, 1.165) is 10.5 Å². The van der Waals surface area contributed by atoms with Gasteiger partial charge in [-0.3, -0.25) is 9.59 Å². The summed E-state index contributed by atoms with van der Waals surface area (Å²) in [5, 5.41) is 3.79. The van der Waals surface area contributed by atoms with E-state index in [2.05, 4.69) is 5.32 Å². The van der Waals surface area contributed by atoms with Crippen molar-refractivity contribution in [1.29, 1.82) is 0 Å². The van der Waals surface area contributed by atoms with Crippen molar-refractivity contribution in [3.05, 3.63) is 67.8 Å². The Balaban J connectivity index is 1.95. The van der Waals surface area contributed by atoms with E-state index < -0.39 is 11.8 Å². The molecule has 1 N–H and O–H groups in total. The lowest BCUT2D eigenvalue weighted by atomic mass is 10.2. The lowest BCUT2D eigenvalue weighted by Crippen LogP contribution is -2.32. The molecule has 0 atom stereocenters. The van der Waals surface area contributed by atoms with Gasteiger partial charge in [0.05, 0.1) is 5.69 Å². The summed E-state index contributed by atoms with van der Waals surface area (Å²) in [6.45, 7) is 1.82. The van der Waals surface area contributed by atoms with Gasteiger partial charge in [0.1, 0.15) is 10.7 Å². The van der Waals surface area contributed by atoms with Crippen molar-refractivity contribution in [3.8, 4) is 0 Å². The van der Waals surface area contributed by atoms with Gasteiger partial charge in [0.2, 0.25) is 0 Å². The summed E-state index contributed by atoms with van der Waals surface area (Å²) in [7, 11) is 0. The predicted octanol–water partition coefficient (Wildman–Crippen LogP) is 5.39. The number of carbonyl (C=O) groups excluding carboxylic acids is 2. The fraction of sp³-hybridized carbons (Fsp3) is 0.0588. The molecule has 1 aliphatic heterocycles. The van der Waals surface area contributed by atoms with E-state index in [1.54, 1.807) is 30.3 Å². The van der Waals surface area contributed by atoms with Crippen LogP contribution in [0.4, 0.5) is 11.4 Å². The lowest BCUT2D eigenvalue weighted by Gasteiger charge is -2.16. The van der Waals surface area contributed by atoms with E-state index >= 15 is 0 Å². The molecule has 0 spiro atoms. The molecule has 1 aliphatic rings. The molecule has 0 aliphatic carbocycles. The van der Waals surface area contributed by atoms with Crippen LogP contribution >= 0.6 is 46.4 Å². The molecule has 2 aromatic rings. The van der Waals surface area contributed by atoms with Crippen LogP contribution in [0.3, 0.4) is 0 Å². The van der Waals surface area contributed by atoms with Gasteiger partial charge in [0, 0.05) is 20.8 Å². The third-order valence-electron chi connectivity index (χ3n) is 3.57. The van der Waals surface area contributed by atoms with E-state index in [1.165, 1.54) is 6.07 Å². The number of anilines is 2. The molecular weight excluding hydrogens is 406 g/mol. The standard InChI is InChI=1S/C17H10Cl4N2O2/c1-8-2-3-12(7-13(8)20)23-16(24)14(21)15(17(23)25)22-11-5-9(18)4-10(19)6-11/h2-7,22H,1H3. The second-order valence-electron chi connectivity index (χ2n) is 5.35. The molecule has 0 aromatic heterocycles. The molecule has 0 radical (unpaired) electrons. The van der Waals surface area contributed by atoms with Crippen molar-refractivity contribution in [2.75, 3.05) is 10.2 Å². The van der Waals surface area contributed by atoms with Crippen LogP contribution in [0.5, 0.6) is 0 Å². The quantitative estimate of drug-likeness (QED) is 0.683. The molecular formula is C17H10Cl4N2O2. The molecule has 2 aromatic carbocycles. The molecule has 4 nitrogen and oxygen atoms in total.